The summed E-state index contributed by atoms with van der Waals surface area (Å²) >= 11 is 0. The molecule has 5 nitrogen and oxygen atoms in total. The zero-order valence-electron chi connectivity index (χ0n) is 14.5. The number of aryl methyl sites for hydroxylation is 1. The number of amides is 2. The van der Waals surface area contributed by atoms with Gasteiger partial charge in [-0.05, 0) is 47.0 Å². The predicted octanol–water partition coefficient (Wildman–Crippen LogP) is 3.24. The van der Waals surface area contributed by atoms with E-state index >= 15 is 0 Å². The fourth-order valence-electron chi connectivity index (χ4n) is 2.53. The highest BCUT2D eigenvalue weighted by atomic mass is 16.5. The average Bonchev–Trinajstić information content (AvgIpc) is 2.70. The van der Waals surface area contributed by atoms with Crippen LogP contribution in [0.1, 0.15) is 22.8 Å². The first kappa shape index (κ1) is 17.5. The molecule has 132 valence electrons. The molecular formula is C21H20N2O3. The van der Waals surface area contributed by atoms with Crippen molar-refractivity contribution in [3.63, 3.8) is 0 Å². The van der Waals surface area contributed by atoms with Crippen LogP contribution in [0.25, 0.3) is 10.8 Å². The summed E-state index contributed by atoms with van der Waals surface area (Å²) in [5, 5.41) is 2.14. The Hall–Kier alpha value is -3.34. The standard InChI is InChI=1S/C21H20N2O3/c1-2-15-7-9-17(10-8-15)21(25)23-22-20(24)14-26-19-12-11-16-5-3-4-6-18(16)13-19/h3-13H,2,14H2,1H3,(H,22,24)(H,23,25). The van der Waals surface area contributed by atoms with Gasteiger partial charge in [0, 0.05) is 5.56 Å². The highest BCUT2D eigenvalue weighted by Crippen LogP contribution is 2.20. The van der Waals surface area contributed by atoms with Crippen LogP contribution in [0.5, 0.6) is 5.75 Å². The summed E-state index contributed by atoms with van der Waals surface area (Å²) in [6.45, 7) is 1.86. The van der Waals surface area contributed by atoms with Crippen molar-refractivity contribution >= 4 is 22.6 Å². The molecule has 2 amide bonds. The lowest BCUT2D eigenvalue weighted by molar-refractivity contribution is -0.123. The fourth-order valence-corrected chi connectivity index (χ4v) is 2.53. The van der Waals surface area contributed by atoms with E-state index in [0.29, 0.717) is 11.3 Å². The summed E-state index contributed by atoms with van der Waals surface area (Å²) in [6.07, 6.45) is 0.907. The van der Waals surface area contributed by atoms with Crippen LogP contribution in [0.2, 0.25) is 0 Å². The first-order valence-corrected chi connectivity index (χ1v) is 8.45. The van der Waals surface area contributed by atoms with Crippen molar-refractivity contribution in [1.29, 1.82) is 0 Å². The molecule has 0 unspecified atom stereocenters. The molecule has 0 aliphatic carbocycles. The maximum absolute atomic E-state index is 12.0. The second-order valence-corrected chi connectivity index (χ2v) is 5.85. The number of hydrogen-bond donors (Lipinski definition) is 2. The Morgan fingerprint density at radius 2 is 1.62 bits per heavy atom. The molecule has 3 rings (SSSR count). The second-order valence-electron chi connectivity index (χ2n) is 5.85. The molecule has 0 saturated carbocycles. The monoisotopic (exact) mass is 348 g/mol. The van der Waals surface area contributed by atoms with Gasteiger partial charge >= 0.3 is 0 Å². The van der Waals surface area contributed by atoms with Gasteiger partial charge in [0.1, 0.15) is 5.75 Å². The molecule has 0 aliphatic heterocycles. The molecule has 0 spiro atoms. The third-order valence-electron chi connectivity index (χ3n) is 4.03. The minimum Gasteiger partial charge on any atom is -0.484 e. The van der Waals surface area contributed by atoms with Crippen LogP contribution in [0.3, 0.4) is 0 Å². The molecule has 26 heavy (non-hydrogen) atoms. The predicted molar refractivity (Wildman–Crippen MR) is 101 cm³/mol. The highest BCUT2D eigenvalue weighted by Gasteiger charge is 2.08. The van der Waals surface area contributed by atoms with E-state index in [4.69, 9.17) is 4.74 Å². The summed E-state index contributed by atoms with van der Waals surface area (Å²) in [5.74, 6) is -0.205. The Bertz CT molecular complexity index is 920. The van der Waals surface area contributed by atoms with Crippen molar-refractivity contribution in [2.45, 2.75) is 13.3 Å². The Kier molecular flexibility index (Phi) is 5.49. The number of hydrogen-bond acceptors (Lipinski definition) is 3. The number of nitrogens with one attached hydrogen (secondary N) is 2. The third kappa shape index (κ3) is 4.39. The number of fused-ring (bicyclic) bond motifs is 1. The minimum absolute atomic E-state index is 0.187. The normalized spacial score (nSPS) is 10.3. The maximum atomic E-state index is 12.0. The van der Waals surface area contributed by atoms with Crippen molar-refractivity contribution < 1.29 is 14.3 Å². The quantitative estimate of drug-likeness (QED) is 0.696. The van der Waals surface area contributed by atoms with E-state index in [0.717, 1.165) is 22.8 Å². The van der Waals surface area contributed by atoms with Gasteiger partial charge in [0.25, 0.3) is 11.8 Å². The molecule has 0 radical (unpaired) electrons. The van der Waals surface area contributed by atoms with Crippen molar-refractivity contribution in [2.75, 3.05) is 6.61 Å². The van der Waals surface area contributed by atoms with Gasteiger partial charge in [-0.3, -0.25) is 20.4 Å². The third-order valence-corrected chi connectivity index (χ3v) is 4.03. The summed E-state index contributed by atoms with van der Waals surface area (Å²) in [5.41, 5.74) is 6.37. The Balaban J connectivity index is 1.49. The summed E-state index contributed by atoms with van der Waals surface area (Å²) in [4.78, 5) is 23.9. The molecule has 3 aromatic rings. The van der Waals surface area contributed by atoms with Crippen molar-refractivity contribution in [3.05, 3.63) is 77.9 Å². The molecule has 0 atom stereocenters. The topological polar surface area (TPSA) is 67.4 Å². The largest absolute Gasteiger partial charge is 0.484 e. The van der Waals surface area contributed by atoms with E-state index in [9.17, 15) is 9.59 Å². The Labute approximate surface area is 152 Å². The zero-order valence-corrected chi connectivity index (χ0v) is 14.5. The molecule has 0 aliphatic rings. The molecule has 0 heterocycles. The van der Waals surface area contributed by atoms with Crippen molar-refractivity contribution in [2.24, 2.45) is 0 Å². The number of rotatable bonds is 5. The van der Waals surface area contributed by atoms with Gasteiger partial charge in [0.15, 0.2) is 6.61 Å². The van der Waals surface area contributed by atoms with Crippen LogP contribution < -0.4 is 15.6 Å². The van der Waals surface area contributed by atoms with Crippen LogP contribution in [0, 0.1) is 0 Å². The van der Waals surface area contributed by atoms with Crippen molar-refractivity contribution in [1.82, 2.24) is 10.9 Å². The van der Waals surface area contributed by atoms with E-state index in [1.807, 2.05) is 61.5 Å². The van der Waals surface area contributed by atoms with E-state index < -0.39 is 5.91 Å². The number of benzene rings is 3. The van der Waals surface area contributed by atoms with Gasteiger partial charge in [0.05, 0.1) is 0 Å². The SMILES string of the molecule is CCc1ccc(C(=O)NNC(=O)COc2ccc3ccccc3c2)cc1. The van der Waals surface area contributed by atoms with Gasteiger partial charge in [0.2, 0.25) is 0 Å². The second kappa shape index (κ2) is 8.16. The molecule has 0 aromatic heterocycles. The van der Waals surface area contributed by atoms with E-state index in [1.54, 1.807) is 12.1 Å². The Morgan fingerprint density at radius 3 is 2.35 bits per heavy atom. The first-order valence-electron chi connectivity index (χ1n) is 8.45. The fraction of sp³-hybridized carbons (Fsp3) is 0.143. The van der Waals surface area contributed by atoms with Crippen LogP contribution >= 0.6 is 0 Å². The van der Waals surface area contributed by atoms with Crippen LogP contribution in [0.4, 0.5) is 0 Å². The highest BCUT2D eigenvalue weighted by molar-refractivity contribution is 5.95. The molecule has 0 saturated heterocycles. The minimum atomic E-state index is -0.434. The first-order chi connectivity index (χ1) is 12.7. The van der Waals surface area contributed by atoms with Crippen molar-refractivity contribution in [3.8, 4) is 5.75 Å². The zero-order chi connectivity index (χ0) is 18.4. The van der Waals surface area contributed by atoms with Crippen LogP contribution in [0.15, 0.2) is 66.7 Å². The molecule has 0 fully saturated rings. The van der Waals surface area contributed by atoms with Gasteiger partial charge in [-0.15, -0.1) is 0 Å². The van der Waals surface area contributed by atoms with E-state index in [1.165, 1.54) is 0 Å². The molecule has 2 N–H and O–H groups in total. The van der Waals surface area contributed by atoms with E-state index in [-0.39, 0.29) is 12.5 Å². The lowest BCUT2D eigenvalue weighted by Crippen LogP contribution is -2.43. The van der Waals surface area contributed by atoms with Crippen LogP contribution in [-0.2, 0) is 11.2 Å². The van der Waals surface area contributed by atoms with E-state index in [2.05, 4.69) is 10.9 Å². The maximum Gasteiger partial charge on any atom is 0.276 e. The van der Waals surface area contributed by atoms with Gasteiger partial charge in [-0.2, -0.15) is 0 Å². The number of carbonyl (C=O) groups excluding carboxylic acids is 2. The number of ether oxygens (including phenoxy) is 1. The summed E-state index contributed by atoms with van der Waals surface area (Å²) in [6, 6.07) is 20.7. The van der Waals surface area contributed by atoms with Gasteiger partial charge in [-0.25, -0.2) is 0 Å². The lowest BCUT2D eigenvalue weighted by atomic mass is 10.1. The molecule has 0 bridgehead atoms. The smallest absolute Gasteiger partial charge is 0.276 e. The summed E-state index contributed by atoms with van der Waals surface area (Å²) in [7, 11) is 0. The van der Waals surface area contributed by atoms with Crippen LogP contribution in [-0.4, -0.2) is 18.4 Å². The number of hydrazine groups is 1. The number of carbonyl (C=O) groups is 2. The average molecular weight is 348 g/mol. The molecule has 5 heteroatoms. The molecule has 3 aromatic carbocycles. The van der Waals surface area contributed by atoms with Gasteiger partial charge in [-0.1, -0.05) is 49.4 Å². The Morgan fingerprint density at radius 1 is 0.885 bits per heavy atom. The van der Waals surface area contributed by atoms with Gasteiger partial charge < -0.3 is 4.74 Å². The summed E-state index contributed by atoms with van der Waals surface area (Å²) < 4.78 is 5.48. The molecular weight excluding hydrogens is 328 g/mol. The lowest BCUT2D eigenvalue weighted by Gasteiger charge is -2.09.